The van der Waals surface area contributed by atoms with Gasteiger partial charge in [-0.3, -0.25) is 0 Å². The molecule has 1 N–H and O–H groups in total. The van der Waals surface area contributed by atoms with Crippen molar-refractivity contribution in [3.8, 4) is 0 Å². The quantitative estimate of drug-likeness (QED) is 0.769. The van der Waals surface area contributed by atoms with Crippen LogP contribution in [-0.2, 0) is 0 Å². The zero-order valence-electron chi connectivity index (χ0n) is 12.1. The van der Waals surface area contributed by atoms with Gasteiger partial charge in [-0.05, 0) is 44.8 Å². The van der Waals surface area contributed by atoms with Crippen LogP contribution in [0.4, 0.5) is 0 Å². The average Bonchev–Trinajstić information content (AvgIpc) is 2.74. The monoisotopic (exact) mass is 242 g/mol. The maximum atomic E-state index is 9.98. The van der Waals surface area contributed by atoms with Crippen LogP contribution in [0.1, 0.15) is 40.0 Å². The van der Waals surface area contributed by atoms with Gasteiger partial charge >= 0.3 is 0 Å². The summed E-state index contributed by atoms with van der Waals surface area (Å²) in [5.74, 6) is 0. The first-order valence-corrected chi connectivity index (χ1v) is 6.98. The molecule has 3 heteroatoms. The Hall–Kier alpha value is -0.120. The van der Waals surface area contributed by atoms with Crippen LogP contribution < -0.4 is 0 Å². The number of hydrogen-bond donors (Lipinski definition) is 1. The minimum Gasteiger partial charge on any atom is -0.393 e. The standard InChI is InChI=1S/C14H30N2O/c1-14(2,3)13(17)7-10-15(4)11-12-16-8-5-6-9-16/h13,17H,5-12H2,1-4H3. The van der Waals surface area contributed by atoms with Gasteiger partial charge in [0, 0.05) is 19.6 Å². The van der Waals surface area contributed by atoms with E-state index in [2.05, 4.69) is 37.6 Å². The SMILES string of the molecule is CN(CCC(O)C(C)(C)C)CCN1CCCC1. The smallest absolute Gasteiger partial charge is 0.0600 e. The van der Waals surface area contributed by atoms with E-state index >= 15 is 0 Å². The Balaban J connectivity index is 2.10. The Bertz CT molecular complexity index is 207. The van der Waals surface area contributed by atoms with Crippen LogP contribution in [0.25, 0.3) is 0 Å². The normalized spacial score (nSPS) is 20.1. The Kier molecular flexibility index (Phi) is 5.90. The molecule has 1 unspecified atom stereocenters. The molecule has 17 heavy (non-hydrogen) atoms. The molecule has 1 fully saturated rings. The van der Waals surface area contributed by atoms with E-state index in [1.54, 1.807) is 0 Å². The summed E-state index contributed by atoms with van der Waals surface area (Å²) in [7, 11) is 2.16. The van der Waals surface area contributed by atoms with Crippen molar-refractivity contribution >= 4 is 0 Å². The van der Waals surface area contributed by atoms with Crippen molar-refractivity contribution in [3.63, 3.8) is 0 Å². The Morgan fingerprint density at radius 3 is 2.29 bits per heavy atom. The van der Waals surface area contributed by atoms with E-state index in [1.807, 2.05) is 0 Å². The molecule has 1 heterocycles. The van der Waals surface area contributed by atoms with Crippen molar-refractivity contribution in [1.29, 1.82) is 0 Å². The highest BCUT2D eigenvalue weighted by Crippen LogP contribution is 2.21. The van der Waals surface area contributed by atoms with Crippen molar-refractivity contribution in [1.82, 2.24) is 9.80 Å². The summed E-state index contributed by atoms with van der Waals surface area (Å²) in [6.07, 6.45) is 3.41. The van der Waals surface area contributed by atoms with Gasteiger partial charge in [0.05, 0.1) is 6.10 Å². The summed E-state index contributed by atoms with van der Waals surface area (Å²) < 4.78 is 0. The lowest BCUT2D eigenvalue weighted by atomic mass is 9.87. The van der Waals surface area contributed by atoms with Crippen LogP contribution in [0.15, 0.2) is 0 Å². The molecular weight excluding hydrogens is 212 g/mol. The molecule has 0 spiro atoms. The predicted octanol–water partition coefficient (Wildman–Crippen LogP) is 1.81. The van der Waals surface area contributed by atoms with Gasteiger partial charge in [0.25, 0.3) is 0 Å². The lowest BCUT2D eigenvalue weighted by molar-refractivity contribution is 0.0473. The summed E-state index contributed by atoms with van der Waals surface area (Å²) >= 11 is 0. The summed E-state index contributed by atoms with van der Waals surface area (Å²) in [5, 5.41) is 9.98. The van der Waals surface area contributed by atoms with Crippen LogP contribution in [0, 0.1) is 5.41 Å². The van der Waals surface area contributed by atoms with E-state index in [1.165, 1.54) is 32.5 Å². The van der Waals surface area contributed by atoms with Crippen molar-refractivity contribution < 1.29 is 5.11 Å². The maximum absolute atomic E-state index is 9.98. The largest absolute Gasteiger partial charge is 0.393 e. The number of likely N-dealkylation sites (N-methyl/N-ethyl adjacent to an activating group) is 1. The first-order chi connectivity index (χ1) is 7.89. The molecular formula is C14H30N2O. The molecule has 3 nitrogen and oxygen atoms in total. The number of likely N-dealkylation sites (tertiary alicyclic amines) is 1. The predicted molar refractivity (Wildman–Crippen MR) is 73.2 cm³/mol. The molecule has 0 aromatic heterocycles. The third-order valence-electron chi connectivity index (χ3n) is 3.78. The Morgan fingerprint density at radius 2 is 1.76 bits per heavy atom. The highest BCUT2D eigenvalue weighted by Gasteiger charge is 2.22. The van der Waals surface area contributed by atoms with E-state index in [-0.39, 0.29) is 11.5 Å². The molecule has 0 radical (unpaired) electrons. The lowest BCUT2D eigenvalue weighted by Crippen LogP contribution is -2.35. The first kappa shape index (κ1) is 14.9. The fourth-order valence-electron chi connectivity index (χ4n) is 2.21. The third-order valence-corrected chi connectivity index (χ3v) is 3.78. The van der Waals surface area contributed by atoms with E-state index < -0.39 is 0 Å². The molecule has 1 saturated heterocycles. The topological polar surface area (TPSA) is 26.7 Å². The minimum atomic E-state index is -0.197. The van der Waals surface area contributed by atoms with Gasteiger partial charge < -0.3 is 14.9 Å². The summed E-state index contributed by atoms with van der Waals surface area (Å²) in [5.41, 5.74) is 0.00971. The van der Waals surface area contributed by atoms with Crippen molar-refractivity contribution in [2.75, 3.05) is 39.8 Å². The molecule has 1 aliphatic rings. The van der Waals surface area contributed by atoms with Gasteiger partial charge in [-0.15, -0.1) is 0 Å². The van der Waals surface area contributed by atoms with Gasteiger partial charge in [0.2, 0.25) is 0 Å². The Morgan fingerprint density at radius 1 is 1.18 bits per heavy atom. The number of aliphatic hydroxyl groups excluding tert-OH is 1. The number of rotatable bonds is 6. The molecule has 0 aromatic rings. The van der Waals surface area contributed by atoms with E-state index in [4.69, 9.17) is 0 Å². The number of aliphatic hydroxyl groups is 1. The number of nitrogens with zero attached hydrogens (tertiary/aromatic N) is 2. The molecule has 1 rings (SSSR count). The van der Waals surface area contributed by atoms with Crippen molar-refractivity contribution in [2.24, 2.45) is 5.41 Å². The molecule has 1 atom stereocenters. The second-order valence-electron chi connectivity index (χ2n) is 6.52. The minimum absolute atomic E-state index is 0.00971. The zero-order valence-corrected chi connectivity index (χ0v) is 12.1. The molecule has 0 saturated carbocycles. The molecule has 0 bridgehead atoms. The van der Waals surface area contributed by atoms with Crippen LogP contribution in [0.3, 0.4) is 0 Å². The second-order valence-corrected chi connectivity index (χ2v) is 6.52. The second kappa shape index (κ2) is 6.72. The lowest BCUT2D eigenvalue weighted by Gasteiger charge is -2.28. The summed E-state index contributed by atoms with van der Waals surface area (Å²) in [6.45, 7) is 12.1. The molecule has 1 aliphatic heterocycles. The van der Waals surface area contributed by atoms with Crippen molar-refractivity contribution in [2.45, 2.75) is 46.1 Å². The van der Waals surface area contributed by atoms with Crippen molar-refractivity contribution in [3.05, 3.63) is 0 Å². The van der Waals surface area contributed by atoms with E-state index in [0.717, 1.165) is 19.5 Å². The first-order valence-electron chi connectivity index (χ1n) is 6.98. The third kappa shape index (κ3) is 5.84. The highest BCUT2D eigenvalue weighted by molar-refractivity contribution is 4.74. The van der Waals surface area contributed by atoms with E-state index in [0.29, 0.717) is 0 Å². The molecule has 0 amide bonds. The fraction of sp³-hybridized carbons (Fsp3) is 1.00. The van der Waals surface area contributed by atoms with Gasteiger partial charge in [-0.1, -0.05) is 20.8 Å². The summed E-state index contributed by atoms with van der Waals surface area (Å²) in [4.78, 5) is 4.88. The average molecular weight is 242 g/mol. The fourth-order valence-corrected chi connectivity index (χ4v) is 2.21. The van der Waals surface area contributed by atoms with Crippen LogP contribution >= 0.6 is 0 Å². The Labute approximate surface area is 107 Å². The van der Waals surface area contributed by atoms with Crippen LogP contribution in [0.5, 0.6) is 0 Å². The van der Waals surface area contributed by atoms with Gasteiger partial charge in [-0.25, -0.2) is 0 Å². The maximum Gasteiger partial charge on any atom is 0.0600 e. The van der Waals surface area contributed by atoms with Crippen LogP contribution in [0.2, 0.25) is 0 Å². The van der Waals surface area contributed by atoms with Gasteiger partial charge in [-0.2, -0.15) is 0 Å². The van der Waals surface area contributed by atoms with E-state index in [9.17, 15) is 5.11 Å². The highest BCUT2D eigenvalue weighted by atomic mass is 16.3. The summed E-state index contributed by atoms with van der Waals surface area (Å²) in [6, 6.07) is 0. The van der Waals surface area contributed by atoms with Crippen LogP contribution in [-0.4, -0.2) is 60.8 Å². The molecule has 0 aliphatic carbocycles. The van der Waals surface area contributed by atoms with Gasteiger partial charge in [0.15, 0.2) is 0 Å². The zero-order chi connectivity index (χ0) is 12.9. The molecule has 102 valence electrons. The van der Waals surface area contributed by atoms with Gasteiger partial charge in [0.1, 0.15) is 0 Å². The number of hydrogen-bond acceptors (Lipinski definition) is 3. The molecule has 0 aromatic carbocycles.